The van der Waals surface area contributed by atoms with Gasteiger partial charge in [-0.25, -0.2) is 9.18 Å². The van der Waals surface area contributed by atoms with E-state index < -0.39 is 6.09 Å². The predicted octanol–water partition coefficient (Wildman–Crippen LogP) is 5.29. The van der Waals surface area contributed by atoms with Crippen LogP contribution in [0.15, 0.2) is 66.7 Å². The minimum atomic E-state index is -0.413. The zero-order valence-electron chi connectivity index (χ0n) is 18.6. The van der Waals surface area contributed by atoms with Gasteiger partial charge in [-0.1, -0.05) is 60.7 Å². The summed E-state index contributed by atoms with van der Waals surface area (Å²) in [4.78, 5) is 26.0. The van der Waals surface area contributed by atoms with Gasteiger partial charge in [0.25, 0.3) is 0 Å². The van der Waals surface area contributed by atoms with Crippen molar-refractivity contribution in [3.05, 3.63) is 94.8 Å². The fourth-order valence-electron chi connectivity index (χ4n) is 4.05. The van der Waals surface area contributed by atoms with Crippen molar-refractivity contribution in [2.45, 2.75) is 32.9 Å². The van der Waals surface area contributed by atoms with Crippen LogP contribution < -0.4 is 0 Å². The number of hydrogen-bond acceptors (Lipinski definition) is 4. The lowest BCUT2D eigenvalue weighted by Gasteiger charge is -2.30. The van der Waals surface area contributed by atoms with Gasteiger partial charge in [0, 0.05) is 13.1 Å². The van der Waals surface area contributed by atoms with Crippen molar-refractivity contribution >= 4 is 12.1 Å². The molecule has 5 nitrogen and oxygen atoms in total. The Hall–Kier alpha value is -3.67. The molecular weight excluding hydrogens is 421 g/mol. The highest BCUT2D eigenvalue weighted by molar-refractivity contribution is 5.75. The summed E-state index contributed by atoms with van der Waals surface area (Å²) in [5.74, 6) is -0.529. The first-order valence-electron chi connectivity index (χ1n) is 11.1. The van der Waals surface area contributed by atoms with Gasteiger partial charge in [-0.3, -0.25) is 4.79 Å². The molecule has 0 radical (unpaired) electrons. The number of hydrogen-bond donors (Lipinski definition) is 0. The summed E-state index contributed by atoms with van der Waals surface area (Å²) in [7, 11) is 0. The number of rotatable bonds is 6. The SMILES string of the molecule is CCOC(=O)Cc1ccc(-c2ccc(F)c3c2CN(C(=O)OCc2ccccc2)CC3)cc1. The molecule has 3 aromatic rings. The lowest BCUT2D eigenvalue weighted by atomic mass is 9.90. The van der Waals surface area contributed by atoms with Gasteiger partial charge < -0.3 is 14.4 Å². The van der Waals surface area contributed by atoms with E-state index in [-0.39, 0.29) is 31.4 Å². The summed E-state index contributed by atoms with van der Waals surface area (Å²) >= 11 is 0. The van der Waals surface area contributed by atoms with E-state index in [4.69, 9.17) is 9.47 Å². The number of halogens is 1. The largest absolute Gasteiger partial charge is 0.466 e. The molecule has 3 aromatic carbocycles. The summed E-state index contributed by atoms with van der Waals surface area (Å²) in [6.07, 6.45) is 0.220. The molecule has 1 aliphatic heterocycles. The topological polar surface area (TPSA) is 55.8 Å². The molecule has 0 aliphatic carbocycles. The molecule has 4 rings (SSSR count). The van der Waals surface area contributed by atoms with E-state index in [0.29, 0.717) is 25.1 Å². The molecule has 0 fully saturated rings. The van der Waals surface area contributed by atoms with E-state index in [0.717, 1.165) is 27.8 Å². The number of esters is 1. The van der Waals surface area contributed by atoms with Gasteiger partial charge in [-0.05, 0) is 52.8 Å². The number of amides is 1. The Kier molecular flexibility index (Phi) is 7.03. The first kappa shape index (κ1) is 22.5. The summed E-state index contributed by atoms with van der Waals surface area (Å²) < 4.78 is 25.0. The van der Waals surface area contributed by atoms with Gasteiger partial charge in [-0.2, -0.15) is 0 Å². The van der Waals surface area contributed by atoms with Crippen molar-refractivity contribution in [1.82, 2.24) is 4.90 Å². The molecule has 0 atom stereocenters. The van der Waals surface area contributed by atoms with Gasteiger partial charge in [0.05, 0.1) is 13.0 Å². The molecule has 33 heavy (non-hydrogen) atoms. The Bertz CT molecular complexity index is 1130. The maximum Gasteiger partial charge on any atom is 0.410 e. The van der Waals surface area contributed by atoms with Crippen molar-refractivity contribution in [1.29, 1.82) is 0 Å². The summed E-state index contributed by atoms with van der Waals surface area (Å²) in [6.45, 7) is 3.00. The third kappa shape index (κ3) is 5.40. The molecule has 0 bridgehead atoms. The molecule has 0 unspecified atom stereocenters. The van der Waals surface area contributed by atoms with Crippen LogP contribution >= 0.6 is 0 Å². The van der Waals surface area contributed by atoms with Crippen LogP contribution in [0.3, 0.4) is 0 Å². The average molecular weight is 448 g/mol. The zero-order chi connectivity index (χ0) is 23.2. The molecule has 0 spiro atoms. The molecule has 0 N–H and O–H groups in total. The molecule has 1 amide bonds. The lowest BCUT2D eigenvalue weighted by Crippen LogP contribution is -2.37. The van der Waals surface area contributed by atoms with Crippen molar-refractivity contribution in [3.63, 3.8) is 0 Å². The normalized spacial score (nSPS) is 12.7. The lowest BCUT2D eigenvalue weighted by molar-refractivity contribution is -0.142. The highest BCUT2D eigenvalue weighted by Crippen LogP contribution is 2.32. The minimum absolute atomic E-state index is 0.195. The second-order valence-corrected chi connectivity index (χ2v) is 7.94. The minimum Gasteiger partial charge on any atom is -0.466 e. The van der Waals surface area contributed by atoms with Gasteiger partial charge in [0.15, 0.2) is 0 Å². The van der Waals surface area contributed by atoms with Crippen LogP contribution in [-0.2, 0) is 40.3 Å². The zero-order valence-corrected chi connectivity index (χ0v) is 18.6. The number of fused-ring (bicyclic) bond motifs is 1. The monoisotopic (exact) mass is 447 g/mol. The van der Waals surface area contributed by atoms with E-state index in [2.05, 4.69) is 0 Å². The number of carbonyl (C=O) groups is 2. The fraction of sp³-hybridized carbons (Fsp3) is 0.259. The Labute approximate surface area is 192 Å². The standard InChI is InChI=1S/C27H26FNO4/c1-2-32-26(30)16-19-8-10-21(11-9-19)22-12-13-25(28)23-14-15-29(17-24(22)23)27(31)33-18-20-6-4-3-5-7-20/h3-13H,2,14-18H2,1H3. The second kappa shape index (κ2) is 10.3. The van der Waals surface area contributed by atoms with Crippen molar-refractivity contribution < 1.29 is 23.5 Å². The fourth-order valence-corrected chi connectivity index (χ4v) is 4.05. The Morgan fingerprint density at radius 2 is 1.67 bits per heavy atom. The third-order valence-electron chi connectivity index (χ3n) is 5.74. The first-order valence-corrected chi connectivity index (χ1v) is 11.1. The van der Waals surface area contributed by atoms with E-state index in [1.54, 1.807) is 17.9 Å². The van der Waals surface area contributed by atoms with Crippen LogP contribution in [0, 0.1) is 5.82 Å². The van der Waals surface area contributed by atoms with Crippen LogP contribution in [0.5, 0.6) is 0 Å². The summed E-state index contributed by atoms with van der Waals surface area (Å²) in [5.41, 5.74) is 4.96. The van der Waals surface area contributed by atoms with Crippen molar-refractivity contribution in [2.24, 2.45) is 0 Å². The first-order chi connectivity index (χ1) is 16.0. The number of benzene rings is 3. The molecule has 1 heterocycles. The Morgan fingerprint density at radius 3 is 2.39 bits per heavy atom. The van der Waals surface area contributed by atoms with Crippen LogP contribution in [0.4, 0.5) is 9.18 Å². The Morgan fingerprint density at radius 1 is 0.909 bits per heavy atom. The third-order valence-corrected chi connectivity index (χ3v) is 5.74. The predicted molar refractivity (Wildman–Crippen MR) is 123 cm³/mol. The quantitative estimate of drug-likeness (QED) is 0.482. The smallest absolute Gasteiger partial charge is 0.410 e. The van der Waals surface area contributed by atoms with Gasteiger partial charge in [0.1, 0.15) is 12.4 Å². The summed E-state index contributed by atoms with van der Waals surface area (Å²) in [5, 5.41) is 0. The van der Waals surface area contributed by atoms with E-state index in [9.17, 15) is 14.0 Å². The average Bonchev–Trinajstić information content (AvgIpc) is 2.84. The number of nitrogens with zero attached hydrogens (tertiary/aromatic N) is 1. The van der Waals surface area contributed by atoms with Gasteiger partial charge in [-0.15, -0.1) is 0 Å². The van der Waals surface area contributed by atoms with Crippen LogP contribution in [0.1, 0.15) is 29.2 Å². The number of ether oxygens (including phenoxy) is 2. The molecule has 0 saturated heterocycles. The van der Waals surface area contributed by atoms with Crippen molar-refractivity contribution in [2.75, 3.05) is 13.2 Å². The maximum absolute atomic E-state index is 14.6. The molecule has 170 valence electrons. The van der Waals surface area contributed by atoms with Crippen LogP contribution in [0.25, 0.3) is 11.1 Å². The van der Waals surface area contributed by atoms with Gasteiger partial charge >= 0.3 is 12.1 Å². The summed E-state index contributed by atoms with van der Waals surface area (Å²) in [6, 6.07) is 20.3. The van der Waals surface area contributed by atoms with E-state index in [1.807, 2.05) is 54.6 Å². The molecule has 1 aliphatic rings. The van der Waals surface area contributed by atoms with Crippen molar-refractivity contribution in [3.8, 4) is 11.1 Å². The van der Waals surface area contributed by atoms with E-state index in [1.165, 1.54) is 6.07 Å². The highest BCUT2D eigenvalue weighted by atomic mass is 19.1. The van der Waals surface area contributed by atoms with Gasteiger partial charge in [0.2, 0.25) is 0 Å². The number of carbonyl (C=O) groups excluding carboxylic acids is 2. The molecule has 0 saturated carbocycles. The highest BCUT2D eigenvalue weighted by Gasteiger charge is 2.26. The second-order valence-electron chi connectivity index (χ2n) is 7.94. The van der Waals surface area contributed by atoms with Crippen LogP contribution in [0.2, 0.25) is 0 Å². The van der Waals surface area contributed by atoms with E-state index >= 15 is 0 Å². The molecular formula is C27H26FNO4. The molecule has 6 heteroatoms. The maximum atomic E-state index is 14.6. The Balaban J connectivity index is 1.51. The molecule has 0 aromatic heterocycles. The van der Waals surface area contributed by atoms with Crippen LogP contribution in [-0.4, -0.2) is 30.1 Å².